The second kappa shape index (κ2) is 10.2. The van der Waals surface area contributed by atoms with Crippen molar-refractivity contribution >= 4 is 5.96 Å². The molecule has 1 aliphatic carbocycles. The summed E-state index contributed by atoms with van der Waals surface area (Å²) >= 11 is 0. The van der Waals surface area contributed by atoms with Gasteiger partial charge < -0.3 is 19.9 Å². The average Bonchev–Trinajstić information content (AvgIpc) is 3.19. The summed E-state index contributed by atoms with van der Waals surface area (Å²) in [5, 5.41) is 10.7. The minimum absolute atomic E-state index is 0.359. The number of hydrogen-bond donors (Lipinski definition) is 2. The van der Waals surface area contributed by atoms with E-state index in [4.69, 9.17) is 9.26 Å². The zero-order chi connectivity index (χ0) is 19.8. The van der Waals surface area contributed by atoms with Gasteiger partial charge in [0.05, 0.1) is 18.3 Å². The number of benzene rings is 1. The number of aromatic nitrogens is 1. The summed E-state index contributed by atoms with van der Waals surface area (Å²) in [4.78, 5) is 4.28. The van der Waals surface area contributed by atoms with Crippen LogP contribution in [0.1, 0.15) is 68.9 Å². The SMILES string of the molecule is CN=C(NCc1cccc(OC2CCCCC2)c1)NCc1cc(C(C)C)no1. The van der Waals surface area contributed by atoms with E-state index < -0.39 is 0 Å². The van der Waals surface area contributed by atoms with Gasteiger partial charge in [0.25, 0.3) is 0 Å². The summed E-state index contributed by atoms with van der Waals surface area (Å²) < 4.78 is 11.5. The Morgan fingerprint density at radius 1 is 1.18 bits per heavy atom. The summed E-state index contributed by atoms with van der Waals surface area (Å²) in [5.74, 6) is 2.84. The monoisotopic (exact) mass is 384 g/mol. The summed E-state index contributed by atoms with van der Waals surface area (Å²) in [6.45, 7) is 5.42. The predicted octanol–water partition coefficient (Wildman–Crippen LogP) is 4.37. The molecule has 28 heavy (non-hydrogen) atoms. The van der Waals surface area contributed by atoms with Crippen LogP contribution in [0.15, 0.2) is 39.8 Å². The molecule has 1 aliphatic rings. The molecule has 0 saturated heterocycles. The highest BCUT2D eigenvalue weighted by molar-refractivity contribution is 5.79. The zero-order valence-electron chi connectivity index (χ0n) is 17.2. The minimum atomic E-state index is 0.359. The third kappa shape index (κ3) is 6.01. The summed E-state index contributed by atoms with van der Waals surface area (Å²) in [6, 6.07) is 10.3. The molecule has 0 amide bonds. The lowest BCUT2D eigenvalue weighted by atomic mass is 9.98. The third-order valence-electron chi connectivity index (χ3n) is 5.04. The fraction of sp³-hybridized carbons (Fsp3) is 0.545. The third-order valence-corrected chi connectivity index (χ3v) is 5.04. The molecule has 1 saturated carbocycles. The van der Waals surface area contributed by atoms with Crippen molar-refractivity contribution < 1.29 is 9.26 Å². The molecule has 2 aromatic rings. The van der Waals surface area contributed by atoms with Crippen LogP contribution in [0.25, 0.3) is 0 Å². The molecular formula is C22H32N4O2. The standard InChI is InChI=1S/C22H32N4O2/c1-16(2)21-13-20(28-26-21)15-25-22(23-3)24-14-17-8-7-11-19(12-17)27-18-9-5-4-6-10-18/h7-8,11-13,16,18H,4-6,9-10,14-15H2,1-3H3,(H2,23,24,25). The molecule has 1 aromatic carbocycles. The van der Waals surface area contributed by atoms with Gasteiger partial charge in [-0.15, -0.1) is 0 Å². The first-order chi connectivity index (χ1) is 13.6. The first-order valence-electron chi connectivity index (χ1n) is 10.3. The largest absolute Gasteiger partial charge is 0.490 e. The molecule has 0 radical (unpaired) electrons. The maximum atomic E-state index is 6.16. The van der Waals surface area contributed by atoms with E-state index in [1.54, 1.807) is 7.05 Å². The Labute approximate surface area is 167 Å². The van der Waals surface area contributed by atoms with E-state index in [1.807, 2.05) is 18.2 Å². The van der Waals surface area contributed by atoms with E-state index in [2.05, 4.69) is 46.8 Å². The highest BCUT2D eigenvalue weighted by Gasteiger charge is 2.15. The Kier molecular flexibility index (Phi) is 7.34. The van der Waals surface area contributed by atoms with Gasteiger partial charge in [-0.25, -0.2) is 0 Å². The van der Waals surface area contributed by atoms with E-state index in [0.717, 1.165) is 28.7 Å². The van der Waals surface area contributed by atoms with Crippen molar-refractivity contribution in [1.29, 1.82) is 0 Å². The van der Waals surface area contributed by atoms with Gasteiger partial charge in [-0.3, -0.25) is 4.99 Å². The topological polar surface area (TPSA) is 71.7 Å². The van der Waals surface area contributed by atoms with Crippen molar-refractivity contribution in [2.45, 2.75) is 71.1 Å². The summed E-state index contributed by atoms with van der Waals surface area (Å²) in [5.41, 5.74) is 2.13. The van der Waals surface area contributed by atoms with E-state index in [1.165, 1.54) is 32.1 Å². The maximum absolute atomic E-state index is 6.16. The molecule has 152 valence electrons. The van der Waals surface area contributed by atoms with Gasteiger partial charge in [0.1, 0.15) is 5.75 Å². The zero-order valence-corrected chi connectivity index (χ0v) is 17.2. The Morgan fingerprint density at radius 2 is 1.96 bits per heavy atom. The van der Waals surface area contributed by atoms with Crippen LogP contribution in [-0.2, 0) is 13.1 Å². The lowest BCUT2D eigenvalue weighted by Gasteiger charge is -2.23. The maximum Gasteiger partial charge on any atom is 0.191 e. The second-order valence-electron chi connectivity index (χ2n) is 7.68. The van der Waals surface area contributed by atoms with Crippen LogP contribution in [-0.4, -0.2) is 24.3 Å². The fourth-order valence-corrected chi connectivity index (χ4v) is 3.37. The molecule has 0 atom stereocenters. The Hall–Kier alpha value is -2.50. The lowest BCUT2D eigenvalue weighted by Crippen LogP contribution is -2.36. The van der Waals surface area contributed by atoms with E-state index in [9.17, 15) is 0 Å². The lowest BCUT2D eigenvalue weighted by molar-refractivity contribution is 0.155. The quantitative estimate of drug-likeness (QED) is 0.548. The highest BCUT2D eigenvalue weighted by Crippen LogP contribution is 2.24. The molecule has 3 rings (SSSR count). The normalized spacial score (nSPS) is 15.6. The molecule has 6 nitrogen and oxygen atoms in total. The second-order valence-corrected chi connectivity index (χ2v) is 7.68. The number of nitrogens with one attached hydrogen (secondary N) is 2. The van der Waals surface area contributed by atoms with Crippen LogP contribution in [0.5, 0.6) is 5.75 Å². The molecule has 1 heterocycles. The highest BCUT2D eigenvalue weighted by atomic mass is 16.5. The molecule has 1 fully saturated rings. The van der Waals surface area contributed by atoms with Crippen molar-refractivity contribution in [3.8, 4) is 5.75 Å². The van der Waals surface area contributed by atoms with Crippen LogP contribution < -0.4 is 15.4 Å². The van der Waals surface area contributed by atoms with Crippen molar-refractivity contribution in [2.75, 3.05) is 7.05 Å². The molecule has 0 spiro atoms. The first kappa shape index (κ1) is 20.2. The van der Waals surface area contributed by atoms with Crippen molar-refractivity contribution in [3.63, 3.8) is 0 Å². The fourth-order valence-electron chi connectivity index (χ4n) is 3.37. The van der Waals surface area contributed by atoms with E-state index in [-0.39, 0.29) is 0 Å². The van der Waals surface area contributed by atoms with Gasteiger partial charge in [-0.1, -0.05) is 37.6 Å². The molecule has 0 unspecified atom stereocenters. The average molecular weight is 385 g/mol. The predicted molar refractivity (Wildman–Crippen MR) is 112 cm³/mol. The number of rotatable bonds is 7. The molecule has 1 aromatic heterocycles. The Balaban J connectivity index is 1.48. The van der Waals surface area contributed by atoms with Gasteiger partial charge in [-0.05, 0) is 49.3 Å². The molecule has 0 bridgehead atoms. The minimum Gasteiger partial charge on any atom is -0.490 e. The Morgan fingerprint density at radius 3 is 2.68 bits per heavy atom. The van der Waals surface area contributed by atoms with Gasteiger partial charge in [0.2, 0.25) is 0 Å². The summed E-state index contributed by atoms with van der Waals surface area (Å²) in [7, 11) is 1.76. The van der Waals surface area contributed by atoms with Crippen molar-refractivity contribution in [2.24, 2.45) is 4.99 Å². The van der Waals surface area contributed by atoms with Crippen molar-refractivity contribution in [1.82, 2.24) is 15.8 Å². The number of nitrogens with zero attached hydrogens (tertiary/aromatic N) is 2. The Bertz CT molecular complexity index is 763. The van der Waals surface area contributed by atoms with Gasteiger partial charge in [0.15, 0.2) is 11.7 Å². The number of aliphatic imine (C=N–C) groups is 1. The van der Waals surface area contributed by atoms with Crippen LogP contribution in [0.4, 0.5) is 0 Å². The number of hydrogen-bond acceptors (Lipinski definition) is 4. The van der Waals surface area contributed by atoms with Crippen molar-refractivity contribution in [3.05, 3.63) is 47.3 Å². The van der Waals surface area contributed by atoms with Crippen LogP contribution in [0.3, 0.4) is 0 Å². The van der Waals surface area contributed by atoms with Gasteiger partial charge in [0, 0.05) is 19.7 Å². The number of ether oxygens (including phenoxy) is 1. The molecule has 2 N–H and O–H groups in total. The van der Waals surface area contributed by atoms with Crippen LogP contribution in [0, 0.1) is 0 Å². The summed E-state index contributed by atoms with van der Waals surface area (Å²) in [6.07, 6.45) is 6.58. The molecule has 0 aliphatic heterocycles. The van der Waals surface area contributed by atoms with E-state index in [0.29, 0.717) is 25.1 Å². The number of guanidine groups is 1. The van der Waals surface area contributed by atoms with Gasteiger partial charge in [-0.2, -0.15) is 0 Å². The van der Waals surface area contributed by atoms with Gasteiger partial charge >= 0.3 is 0 Å². The smallest absolute Gasteiger partial charge is 0.191 e. The van der Waals surface area contributed by atoms with Crippen LogP contribution in [0.2, 0.25) is 0 Å². The molecule has 6 heteroatoms. The molecular weight excluding hydrogens is 352 g/mol. The first-order valence-corrected chi connectivity index (χ1v) is 10.3. The van der Waals surface area contributed by atoms with E-state index >= 15 is 0 Å². The van der Waals surface area contributed by atoms with Crippen LogP contribution >= 0.6 is 0 Å².